The fourth-order valence-corrected chi connectivity index (χ4v) is 4.17. The van der Waals surface area contributed by atoms with Gasteiger partial charge in [-0.05, 0) is 51.5 Å². The number of pyridine rings is 1. The molecule has 0 saturated carbocycles. The Morgan fingerprint density at radius 1 is 1.47 bits per heavy atom. The lowest BCUT2D eigenvalue weighted by Crippen LogP contribution is -2.13. The van der Waals surface area contributed by atoms with E-state index >= 15 is 0 Å². The van der Waals surface area contributed by atoms with Gasteiger partial charge in [0.2, 0.25) is 0 Å². The molecule has 0 aliphatic carbocycles. The summed E-state index contributed by atoms with van der Waals surface area (Å²) < 4.78 is 27.9. The Morgan fingerprint density at radius 2 is 2.21 bits per heavy atom. The van der Waals surface area contributed by atoms with Gasteiger partial charge in [-0.1, -0.05) is 0 Å². The molecule has 0 atom stereocenters. The van der Waals surface area contributed by atoms with Gasteiger partial charge in [-0.25, -0.2) is 13.4 Å². The van der Waals surface area contributed by atoms with Gasteiger partial charge in [0.15, 0.2) is 0 Å². The number of anilines is 1. The highest BCUT2D eigenvalue weighted by atomic mass is 79.9. The first-order valence-electron chi connectivity index (χ1n) is 5.35. The van der Waals surface area contributed by atoms with Crippen LogP contribution >= 0.6 is 27.3 Å². The topological polar surface area (TPSA) is 85.1 Å². The summed E-state index contributed by atoms with van der Waals surface area (Å²) in [4.78, 5) is 4.06. The van der Waals surface area contributed by atoms with Gasteiger partial charge in [-0.15, -0.1) is 11.3 Å². The fourth-order valence-electron chi connectivity index (χ4n) is 1.43. The Morgan fingerprint density at radius 3 is 2.79 bits per heavy atom. The van der Waals surface area contributed by atoms with Crippen LogP contribution in [0.25, 0.3) is 0 Å². The molecule has 2 heterocycles. The SMILES string of the molecule is Cc1cc(Br)cnc1NS(=O)(=O)c1cc(CN)cs1. The second-order valence-electron chi connectivity index (χ2n) is 3.90. The molecule has 102 valence electrons. The van der Waals surface area contributed by atoms with Crippen LogP contribution in [-0.4, -0.2) is 13.4 Å². The number of sulfonamides is 1. The first-order chi connectivity index (χ1) is 8.92. The van der Waals surface area contributed by atoms with E-state index in [1.165, 1.54) is 0 Å². The smallest absolute Gasteiger partial charge is 0.272 e. The van der Waals surface area contributed by atoms with Crippen molar-refractivity contribution in [3.8, 4) is 0 Å². The Labute approximate surface area is 124 Å². The van der Waals surface area contributed by atoms with Crippen molar-refractivity contribution in [2.45, 2.75) is 17.7 Å². The molecule has 19 heavy (non-hydrogen) atoms. The van der Waals surface area contributed by atoms with E-state index < -0.39 is 10.0 Å². The van der Waals surface area contributed by atoms with Crippen LogP contribution in [0.15, 0.2) is 32.4 Å². The van der Waals surface area contributed by atoms with Gasteiger partial charge in [0.1, 0.15) is 10.0 Å². The number of aromatic nitrogens is 1. The van der Waals surface area contributed by atoms with Crippen LogP contribution in [-0.2, 0) is 16.6 Å². The van der Waals surface area contributed by atoms with Crippen LogP contribution in [0, 0.1) is 6.92 Å². The van der Waals surface area contributed by atoms with E-state index in [-0.39, 0.29) is 4.21 Å². The Bertz CT molecular complexity index is 698. The third-order valence-electron chi connectivity index (χ3n) is 2.41. The van der Waals surface area contributed by atoms with Gasteiger partial charge in [0, 0.05) is 17.2 Å². The predicted octanol–water partition coefficient (Wildman–Crippen LogP) is 2.47. The van der Waals surface area contributed by atoms with Crippen molar-refractivity contribution in [2.75, 3.05) is 4.72 Å². The fraction of sp³-hybridized carbons (Fsp3) is 0.182. The molecule has 0 aliphatic rings. The molecule has 2 aromatic heterocycles. The van der Waals surface area contributed by atoms with E-state index in [0.717, 1.165) is 26.9 Å². The Hall–Kier alpha value is -0.960. The van der Waals surface area contributed by atoms with E-state index in [1.54, 1.807) is 30.6 Å². The zero-order chi connectivity index (χ0) is 14.0. The third-order valence-corrected chi connectivity index (χ3v) is 5.67. The van der Waals surface area contributed by atoms with Crippen molar-refractivity contribution in [1.29, 1.82) is 0 Å². The second-order valence-corrected chi connectivity index (χ2v) is 7.64. The monoisotopic (exact) mass is 361 g/mol. The average Bonchev–Trinajstić information content (AvgIpc) is 2.82. The van der Waals surface area contributed by atoms with Gasteiger partial charge >= 0.3 is 0 Å². The molecule has 0 bridgehead atoms. The van der Waals surface area contributed by atoms with E-state index in [1.807, 2.05) is 0 Å². The molecule has 0 saturated heterocycles. The summed E-state index contributed by atoms with van der Waals surface area (Å²) in [7, 11) is -3.60. The number of rotatable bonds is 4. The van der Waals surface area contributed by atoms with Crippen LogP contribution in [0.4, 0.5) is 5.82 Å². The van der Waals surface area contributed by atoms with Crippen LogP contribution in [0.5, 0.6) is 0 Å². The lowest BCUT2D eigenvalue weighted by Gasteiger charge is -2.08. The van der Waals surface area contributed by atoms with E-state index in [2.05, 4.69) is 25.6 Å². The molecule has 0 spiro atoms. The van der Waals surface area contributed by atoms with Crippen LogP contribution in [0.1, 0.15) is 11.1 Å². The summed E-state index contributed by atoms with van der Waals surface area (Å²) in [6.45, 7) is 2.11. The van der Waals surface area contributed by atoms with Crippen molar-refractivity contribution in [2.24, 2.45) is 5.73 Å². The number of aryl methyl sites for hydroxylation is 1. The number of nitrogens with zero attached hydrogens (tertiary/aromatic N) is 1. The molecule has 2 aromatic rings. The lowest BCUT2D eigenvalue weighted by molar-refractivity contribution is 0.603. The lowest BCUT2D eigenvalue weighted by atomic mass is 10.3. The molecule has 0 amide bonds. The Balaban J connectivity index is 2.30. The normalized spacial score (nSPS) is 11.5. The first-order valence-corrected chi connectivity index (χ1v) is 8.50. The largest absolute Gasteiger partial charge is 0.326 e. The van der Waals surface area contributed by atoms with E-state index in [0.29, 0.717) is 12.4 Å². The summed E-state index contributed by atoms with van der Waals surface area (Å²) in [6.07, 6.45) is 1.55. The maximum atomic E-state index is 12.2. The molecule has 0 aliphatic heterocycles. The van der Waals surface area contributed by atoms with Crippen molar-refractivity contribution in [3.05, 3.63) is 39.3 Å². The number of hydrogen-bond donors (Lipinski definition) is 2. The second kappa shape index (κ2) is 5.58. The Kier molecular flexibility index (Phi) is 4.24. The maximum absolute atomic E-state index is 12.2. The minimum atomic E-state index is -3.60. The zero-order valence-corrected chi connectivity index (χ0v) is 13.3. The molecule has 5 nitrogen and oxygen atoms in total. The van der Waals surface area contributed by atoms with Crippen LogP contribution in [0.2, 0.25) is 0 Å². The number of thiophene rings is 1. The molecule has 0 unspecified atom stereocenters. The maximum Gasteiger partial charge on any atom is 0.272 e. The van der Waals surface area contributed by atoms with E-state index in [9.17, 15) is 8.42 Å². The van der Waals surface area contributed by atoms with Crippen molar-refractivity contribution in [1.82, 2.24) is 4.98 Å². The molecule has 8 heteroatoms. The molecule has 3 N–H and O–H groups in total. The number of hydrogen-bond acceptors (Lipinski definition) is 5. The highest BCUT2D eigenvalue weighted by Gasteiger charge is 2.18. The van der Waals surface area contributed by atoms with Crippen molar-refractivity contribution >= 4 is 43.1 Å². The van der Waals surface area contributed by atoms with E-state index in [4.69, 9.17) is 5.73 Å². The molecule has 0 radical (unpaired) electrons. The van der Waals surface area contributed by atoms with Gasteiger partial charge in [-0.3, -0.25) is 4.72 Å². The van der Waals surface area contributed by atoms with Crippen LogP contribution in [0.3, 0.4) is 0 Å². The van der Waals surface area contributed by atoms with Crippen molar-refractivity contribution in [3.63, 3.8) is 0 Å². The standard InChI is InChI=1S/C11H12BrN3O2S2/c1-7-2-9(12)5-14-11(7)15-19(16,17)10-3-8(4-13)6-18-10/h2-3,5-6H,4,13H2,1H3,(H,14,15). The minimum Gasteiger partial charge on any atom is -0.326 e. The summed E-state index contributed by atoms with van der Waals surface area (Å²) in [5, 5.41) is 1.73. The average molecular weight is 362 g/mol. The van der Waals surface area contributed by atoms with Crippen molar-refractivity contribution < 1.29 is 8.42 Å². The molecular weight excluding hydrogens is 350 g/mol. The quantitative estimate of drug-likeness (QED) is 0.875. The number of halogens is 1. The summed E-state index contributed by atoms with van der Waals surface area (Å²) in [6, 6.07) is 3.37. The zero-order valence-electron chi connectivity index (χ0n) is 10.1. The third kappa shape index (κ3) is 3.33. The molecule has 0 fully saturated rings. The minimum absolute atomic E-state index is 0.233. The molecule has 2 rings (SSSR count). The number of nitrogens with one attached hydrogen (secondary N) is 1. The molecule has 0 aromatic carbocycles. The summed E-state index contributed by atoms with van der Waals surface area (Å²) in [5.74, 6) is 0.325. The van der Waals surface area contributed by atoms with Gasteiger partial charge < -0.3 is 5.73 Å². The van der Waals surface area contributed by atoms with Gasteiger partial charge in [0.05, 0.1) is 0 Å². The summed E-state index contributed by atoms with van der Waals surface area (Å²) in [5.41, 5.74) is 7.01. The predicted molar refractivity (Wildman–Crippen MR) is 79.7 cm³/mol. The number of nitrogens with two attached hydrogens (primary N) is 1. The summed E-state index contributed by atoms with van der Waals surface area (Å²) >= 11 is 4.42. The van der Waals surface area contributed by atoms with Gasteiger partial charge in [-0.2, -0.15) is 0 Å². The highest BCUT2D eigenvalue weighted by molar-refractivity contribution is 9.10. The highest BCUT2D eigenvalue weighted by Crippen LogP contribution is 2.24. The van der Waals surface area contributed by atoms with Crippen LogP contribution < -0.4 is 10.5 Å². The molecular formula is C11H12BrN3O2S2. The van der Waals surface area contributed by atoms with Gasteiger partial charge in [0.25, 0.3) is 10.0 Å². The first kappa shape index (κ1) is 14.4.